The number of phosphoric ester groups is 1. The fourth-order valence-corrected chi connectivity index (χ4v) is 10.6. The second-order valence-electron chi connectivity index (χ2n) is 24.2. The zero-order valence-corrected chi connectivity index (χ0v) is 54.2. The number of carbonyl (C=O) groups excluding carboxylic acids is 2. The molecule has 468 valence electrons. The van der Waals surface area contributed by atoms with Gasteiger partial charge in [0, 0.05) is 12.8 Å². The number of ether oxygens (including phenoxy) is 2. The van der Waals surface area contributed by atoms with E-state index in [0.717, 1.165) is 77.0 Å². The van der Waals surface area contributed by atoms with Gasteiger partial charge in [-0.2, -0.15) is 0 Å². The summed E-state index contributed by atoms with van der Waals surface area (Å²) >= 11 is 0. The molecule has 0 aliphatic rings. The minimum absolute atomic E-state index is 0.0340. The fourth-order valence-electron chi connectivity index (χ4n) is 9.86. The Kier molecular flexibility index (Phi) is 59.5. The summed E-state index contributed by atoms with van der Waals surface area (Å²) in [5.74, 6) is -0.834. The summed E-state index contributed by atoms with van der Waals surface area (Å²) in [6, 6.07) is 0. The Morgan fingerprint density at radius 2 is 0.713 bits per heavy atom. The zero-order chi connectivity index (χ0) is 58.4. The van der Waals surface area contributed by atoms with Gasteiger partial charge in [0.05, 0.1) is 27.7 Å². The molecule has 2 unspecified atom stereocenters. The van der Waals surface area contributed by atoms with E-state index in [1.165, 1.54) is 212 Å². The van der Waals surface area contributed by atoms with Gasteiger partial charge in [-0.3, -0.25) is 14.2 Å². The minimum Gasteiger partial charge on any atom is -0.756 e. The van der Waals surface area contributed by atoms with E-state index in [9.17, 15) is 19.0 Å². The van der Waals surface area contributed by atoms with Crippen LogP contribution in [0.1, 0.15) is 322 Å². The highest BCUT2D eigenvalue weighted by Gasteiger charge is 2.22. The second kappa shape index (κ2) is 61.3. The summed E-state index contributed by atoms with van der Waals surface area (Å²) in [7, 11) is 1.16. The van der Waals surface area contributed by atoms with Crippen LogP contribution < -0.4 is 4.89 Å². The number of quaternary nitrogens is 1. The number of carbonyl (C=O) groups is 2. The molecule has 9 nitrogen and oxygen atoms in total. The second-order valence-corrected chi connectivity index (χ2v) is 25.6. The molecule has 0 spiro atoms. The average molecular weight is 1140 g/mol. The van der Waals surface area contributed by atoms with Crippen molar-refractivity contribution in [3.63, 3.8) is 0 Å². The highest BCUT2D eigenvalue weighted by Crippen LogP contribution is 2.38. The normalized spacial score (nSPS) is 13.5. The van der Waals surface area contributed by atoms with Crippen molar-refractivity contribution in [1.29, 1.82) is 0 Å². The van der Waals surface area contributed by atoms with Crippen LogP contribution in [0.4, 0.5) is 0 Å². The van der Waals surface area contributed by atoms with E-state index in [1.54, 1.807) is 0 Å². The third kappa shape index (κ3) is 64.9. The molecule has 0 aromatic rings. The molecule has 0 saturated heterocycles. The summed E-state index contributed by atoms with van der Waals surface area (Å²) in [5.41, 5.74) is 0. The highest BCUT2D eigenvalue weighted by molar-refractivity contribution is 7.45. The number of nitrogens with zero attached hydrogens (tertiary/aromatic N) is 1. The number of rotatable bonds is 63. The summed E-state index contributed by atoms with van der Waals surface area (Å²) in [6.45, 7) is 4.16. The Labute approximate surface area is 496 Å². The molecule has 80 heavy (non-hydrogen) atoms. The van der Waals surface area contributed by atoms with Crippen LogP contribution in [0.5, 0.6) is 0 Å². The Morgan fingerprint density at radius 3 is 1.06 bits per heavy atom. The quantitative estimate of drug-likeness (QED) is 0.0195. The fraction of sp³-hybridized carbons (Fsp3) is 0.829. The molecular weight excluding hydrogens is 1010 g/mol. The maximum atomic E-state index is 12.8. The maximum Gasteiger partial charge on any atom is 0.306 e. The smallest absolute Gasteiger partial charge is 0.306 e. The largest absolute Gasteiger partial charge is 0.756 e. The first-order chi connectivity index (χ1) is 39.0. The molecule has 0 aromatic heterocycles. The van der Waals surface area contributed by atoms with Crippen LogP contribution in [0.25, 0.3) is 0 Å². The monoisotopic (exact) mass is 1140 g/mol. The summed E-state index contributed by atoms with van der Waals surface area (Å²) in [6.07, 6.45) is 80.2. The van der Waals surface area contributed by atoms with Crippen molar-refractivity contribution in [2.24, 2.45) is 0 Å². The lowest BCUT2D eigenvalue weighted by Gasteiger charge is -2.28. The van der Waals surface area contributed by atoms with Gasteiger partial charge >= 0.3 is 11.9 Å². The number of hydrogen-bond donors (Lipinski definition) is 0. The number of likely N-dealkylation sites (N-methyl/N-ethyl adjacent to an activating group) is 1. The lowest BCUT2D eigenvalue weighted by molar-refractivity contribution is -0.870. The molecule has 10 heteroatoms. The van der Waals surface area contributed by atoms with Gasteiger partial charge in [-0.05, 0) is 57.8 Å². The van der Waals surface area contributed by atoms with Gasteiger partial charge < -0.3 is 27.9 Å². The number of esters is 2. The molecule has 0 aliphatic heterocycles. The number of unbranched alkanes of at least 4 members (excludes halogenated alkanes) is 39. The first kappa shape index (κ1) is 77.7. The van der Waals surface area contributed by atoms with E-state index >= 15 is 0 Å². The van der Waals surface area contributed by atoms with Crippen LogP contribution in [0.3, 0.4) is 0 Å². The molecule has 0 radical (unpaired) electrons. The summed E-state index contributed by atoms with van der Waals surface area (Å²) in [5, 5.41) is 0. The van der Waals surface area contributed by atoms with Crippen molar-refractivity contribution >= 4 is 19.8 Å². The van der Waals surface area contributed by atoms with Crippen molar-refractivity contribution in [3.05, 3.63) is 60.8 Å². The van der Waals surface area contributed by atoms with E-state index < -0.39 is 26.5 Å². The van der Waals surface area contributed by atoms with Gasteiger partial charge in [0.15, 0.2) is 6.10 Å². The van der Waals surface area contributed by atoms with Gasteiger partial charge in [0.2, 0.25) is 0 Å². The van der Waals surface area contributed by atoms with E-state index in [1.807, 2.05) is 21.1 Å². The molecular formula is C70H130NO8P. The van der Waals surface area contributed by atoms with Crippen LogP contribution in [0, 0.1) is 0 Å². The summed E-state index contributed by atoms with van der Waals surface area (Å²) < 4.78 is 34.3. The first-order valence-electron chi connectivity index (χ1n) is 34.0. The van der Waals surface area contributed by atoms with Crippen LogP contribution in [0.15, 0.2) is 60.8 Å². The Morgan fingerprint density at radius 1 is 0.400 bits per heavy atom. The molecule has 0 aromatic carbocycles. The highest BCUT2D eigenvalue weighted by atomic mass is 31.2. The van der Waals surface area contributed by atoms with E-state index in [4.69, 9.17) is 18.5 Å². The molecule has 0 amide bonds. The lowest BCUT2D eigenvalue weighted by Crippen LogP contribution is -2.37. The van der Waals surface area contributed by atoms with Gasteiger partial charge in [0.25, 0.3) is 7.82 Å². The molecule has 2 atom stereocenters. The standard InChI is InChI=1S/C70H130NO8P/c1-6-8-10-12-14-16-18-20-22-24-26-28-30-31-32-33-34-35-36-37-38-39-41-42-44-46-48-50-52-54-56-58-60-62-69(72)76-66-68(67-78-80(74,75)77-65-64-71(3,4)5)79-70(73)63-61-59-57-55-53-51-49-47-45-43-40-29-27-25-23-21-19-17-15-13-11-9-7-2/h9,11,15,17,21,23,27,29,43,45,68H,6-8,10,12-14,16,18-20,22,24-26,28,30-42,44,46-67H2,1-5H3/b11-9-,17-15-,23-21-,29-27-,45-43-. The number of allylic oxidation sites excluding steroid dienone is 10. The van der Waals surface area contributed by atoms with Crippen LogP contribution >= 0.6 is 7.82 Å². The Balaban J connectivity index is 4.01. The topological polar surface area (TPSA) is 111 Å². The third-order valence-electron chi connectivity index (χ3n) is 15.1. The number of hydrogen-bond acceptors (Lipinski definition) is 8. The van der Waals surface area contributed by atoms with Gasteiger partial charge in [-0.25, -0.2) is 0 Å². The average Bonchev–Trinajstić information content (AvgIpc) is 3.42. The van der Waals surface area contributed by atoms with Crippen molar-refractivity contribution in [3.8, 4) is 0 Å². The van der Waals surface area contributed by atoms with Crippen LogP contribution in [-0.2, 0) is 32.7 Å². The van der Waals surface area contributed by atoms with Gasteiger partial charge in [0.1, 0.15) is 19.8 Å². The minimum atomic E-state index is -4.64. The van der Waals surface area contributed by atoms with Gasteiger partial charge in [-0.15, -0.1) is 0 Å². The van der Waals surface area contributed by atoms with Crippen molar-refractivity contribution in [2.45, 2.75) is 328 Å². The third-order valence-corrected chi connectivity index (χ3v) is 16.0. The molecule has 0 saturated carbocycles. The predicted molar refractivity (Wildman–Crippen MR) is 342 cm³/mol. The Hall–Kier alpha value is -2.29. The van der Waals surface area contributed by atoms with Crippen LogP contribution in [0.2, 0.25) is 0 Å². The molecule has 0 aliphatic carbocycles. The van der Waals surface area contributed by atoms with Gasteiger partial charge in [-0.1, -0.05) is 312 Å². The molecule has 0 N–H and O–H groups in total. The molecule has 0 rings (SSSR count). The predicted octanol–water partition coefficient (Wildman–Crippen LogP) is 21.2. The molecule has 0 fully saturated rings. The van der Waals surface area contributed by atoms with Crippen molar-refractivity contribution < 1.29 is 42.1 Å². The SMILES string of the molecule is CC/C=C\C/C=C\C/C=C\C/C=C\C/C=C\CCCCCCCCCC(=O)OC(COC(=O)CCCCCCCCCCCCCCCCCCCCCCCCCCCCCCCCCCC)COP(=O)([O-])OCC[N+](C)(C)C. The summed E-state index contributed by atoms with van der Waals surface area (Å²) in [4.78, 5) is 38.0. The molecule has 0 bridgehead atoms. The maximum absolute atomic E-state index is 12.8. The van der Waals surface area contributed by atoms with E-state index in [2.05, 4.69) is 74.6 Å². The Bertz CT molecular complexity index is 1530. The van der Waals surface area contributed by atoms with Crippen molar-refractivity contribution in [1.82, 2.24) is 0 Å². The van der Waals surface area contributed by atoms with Crippen molar-refractivity contribution in [2.75, 3.05) is 47.5 Å². The molecule has 0 heterocycles. The first-order valence-corrected chi connectivity index (χ1v) is 35.5. The van der Waals surface area contributed by atoms with E-state index in [-0.39, 0.29) is 32.0 Å². The zero-order valence-electron chi connectivity index (χ0n) is 53.3. The lowest BCUT2D eigenvalue weighted by atomic mass is 10.0. The number of phosphoric acid groups is 1. The van der Waals surface area contributed by atoms with Crippen LogP contribution in [-0.4, -0.2) is 70.0 Å². The van der Waals surface area contributed by atoms with E-state index in [0.29, 0.717) is 17.4 Å².